The minimum atomic E-state index is -0.311. The summed E-state index contributed by atoms with van der Waals surface area (Å²) in [6, 6.07) is 6.08. The maximum atomic E-state index is 13.1. The van der Waals surface area contributed by atoms with E-state index < -0.39 is 0 Å². The van der Waals surface area contributed by atoms with Crippen LogP contribution < -0.4 is 5.32 Å². The van der Waals surface area contributed by atoms with E-state index in [9.17, 15) is 14.0 Å². The van der Waals surface area contributed by atoms with Crippen molar-refractivity contribution in [2.75, 3.05) is 32.5 Å². The molecule has 1 heterocycles. The Morgan fingerprint density at radius 2 is 1.88 bits per heavy atom. The zero-order chi connectivity index (χ0) is 18.4. The van der Waals surface area contributed by atoms with Crippen LogP contribution in [-0.2, 0) is 11.3 Å². The summed E-state index contributed by atoms with van der Waals surface area (Å²) in [6.45, 7) is 2.95. The Labute approximate surface area is 150 Å². The van der Waals surface area contributed by atoms with Gasteiger partial charge in [-0.15, -0.1) is 11.3 Å². The van der Waals surface area contributed by atoms with Gasteiger partial charge in [-0.2, -0.15) is 0 Å². The van der Waals surface area contributed by atoms with Crippen molar-refractivity contribution in [3.8, 4) is 0 Å². The maximum Gasteiger partial charge on any atom is 0.273 e. The van der Waals surface area contributed by atoms with E-state index in [0.29, 0.717) is 24.8 Å². The quantitative estimate of drug-likeness (QED) is 0.820. The summed E-state index contributed by atoms with van der Waals surface area (Å²) in [5, 5.41) is 4.59. The molecule has 2 amide bonds. The first-order chi connectivity index (χ1) is 11.8. The van der Waals surface area contributed by atoms with Gasteiger partial charge in [0.25, 0.3) is 5.91 Å². The standard InChI is InChI=1S/C17H21FN4O2S/c1-12(23)19-17-20-15(11-25-17)16(24)22(9-8-21(2)3)10-13-4-6-14(18)7-5-13/h4-7,11H,8-10H2,1-3H3,(H,19,20,23). The normalized spacial score (nSPS) is 10.8. The highest BCUT2D eigenvalue weighted by molar-refractivity contribution is 7.14. The van der Waals surface area contributed by atoms with Gasteiger partial charge in [-0.1, -0.05) is 12.1 Å². The van der Waals surface area contributed by atoms with E-state index in [1.54, 1.807) is 22.4 Å². The summed E-state index contributed by atoms with van der Waals surface area (Å²) in [4.78, 5) is 31.7. The number of anilines is 1. The molecule has 25 heavy (non-hydrogen) atoms. The smallest absolute Gasteiger partial charge is 0.273 e. The lowest BCUT2D eigenvalue weighted by Crippen LogP contribution is -2.36. The monoisotopic (exact) mass is 364 g/mol. The lowest BCUT2D eigenvalue weighted by Gasteiger charge is -2.24. The van der Waals surface area contributed by atoms with E-state index in [-0.39, 0.29) is 23.3 Å². The Hall–Kier alpha value is -2.32. The van der Waals surface area contributed by atoms with E-state index >= 15 is 0 Å². The Morgan fingerprint density at radius 1 is 1.20 bits per heavy atom. The van der Waals surface area contributed by atoms with Gasteiger partial charge in [0.05, 0.1) is 0 Å². The predicted octanol–water partition coefficient (Wildman–Crippen LogP) is 2.44. The zero-order valence-electron chi connectivity index (χ0n) is 14.5. The number of nitrogens with one attached hydrogen (secondary N) is 1. The number of hydrogen-bond donors (Lipinski definition) is 1. The average molecular weight is 364 g/mol. The fourth-order valence-corrected chi connectivity index (χ4v) is 2.86. The van der Waals surface area contributed by atoms with Crippen LogP contribution in [0.15, 0.2) is 29.6 Å². The molecule has 6 nitrogen and oxygen atoms in total. The van der Waals surface area contributed by atoms with Crippen molar-refractivity contribution in [3.05, 3.63) is 46.7 Å². The van der Waals surface area contributed by atoms with Gasteiger partial charge in [-0.25, -0.2) is 9.37 Å². The van der Waals surface area contributed by atoms with Gasteiger partial charge >= 0.3 is 0 Å². The third-order valence-electron chi connectivity index (χ3n) is 3.40. The van der Waals surface area contributed by atoms with Crippen LogP contribution in [0, 0.1) is 5.82 Å². The molecule has 0 aliphatic heterocycles. The molecule has 8 heteroatoms. The minimum absolute atomic E-state index is 0.223. The van der Waals surface area contributed by atoms with Crippen LogP contribution in [0.1, 0.15) is 23.0 Å². The van der Waals surface area contributed by atoms with Crippen molar-refractivity contribution in [3.63, 3.8) is 0 Å². The number of carbonyl (C=O) groups excluding carboxylic acids is 2. The first kappa shape index (κ1) is 19.0. The summed E-state index contributed by atoms with van der Waals surface area (Å²) >= 11 is 1.21. The highest BCUT2D eigenvalue weighted by Gasteiger charge is 2.19. The van der Waals surface area contributed by atoms with Gasteiger partial charge in [0.1, 0.15) is 11.5 Å². The fraction of sp³-hybridized carbons (Fsp3) is 0.353. The number of thiazole rings is 1. The van der Waals surface area contributed by atoms with Crippen LogP contribution in [0.2, 0.25) is 0 Å². The molecule has 2 rings (SSSR count). The predicted molar refractivity (Wildman–Crippen MR) is 96.1 cm³/mol. The zero-order valence-corrected chi connectivity index (χ0v) is 15.3. The number of halogens is 1. The second kappa shape index (κ2) is 8.68. The van der Waals surface area contributed by atoms with Gasteiger partial charge < -0.3 is 15.1 Å². The van der Waals surface area contributed by atoms with Crippen LogP contribution in [-0.4, -0.2) is 53.8 Å². The van der Waals surface area contributed by atoms with Gasteiger partial charge in [-0.3, -0.25) is 9.59 Å². The summed E-state index contributed by atoms with van der Waals surface area (Å²) < 4.78 is 13.1. The van der Waals surface area contributed by atoms with E-state index in [1.165, 1.54) is 30.4 Å². The van der Waals surface area contributed by atoms with Gasteiger partial charge in [-0.05, 0) is 31.8 Å². The topological polar surface area (TPSA) is 65.5 Å². The number of hydrogen-bond acceptors (Lipinski definition) is 5. The Balaban J connectivity index is 2.15. The molecule has 0 saturated carbocycles. The third kappa shape index (κ3) is 5.91. The molecule has 0 aliphatic rings. The van der Waals surface area contributed by atoms with Crippen LogP contribution in [0.3, 0.4) is 0 Å². The lowest BCUT2D eigenvalue weighted by molar-refractivity contribution is -0.114. The molecular formula is C17H21FN4O2S. The highest BCUT2D eigenvalue weighted by Crippen LogP contribution is 2.18. The molecule has 0 spiro atoms. The molecular weight excluding hydrogens is 343 g/mol. The van der Waals surface area contributed by atoms with Crippen molar-refractivity contribution in [2.45, 2.75) is 13.5 Å². The van der Waals surface area contributed by atoms with Crippen molar-refractivity contribution >= 4 is 28.3 Å². The largest absolute Gasteiger partial charge is 0.332 e. The number of benzene rings is 1. The van der Waals surface area contributed by atoms with Gasteiger partial charge in [0.2, 0.25) is 5.91 Å². The lowest BCUT2D eigenvalue weighted by atomic mass is 10.2. The molecule has 2 aromatic rings. The summed E-state index contributed by atoms with van der Waals surface area (Å²) in [5.74, 6) is -0.766. The molecule has 1 N–H and O–H groups in total. The second-order valence-electron chi connectivity index (χ2n) is 5.88. The number of nitrogens with zero attached hydrogens (tertiary/aromatic N) is 3. The van der Waals surface area contributed by atoms with Crippen molar-refractivity contribution in [1.82, 2.24) is 14.8 Å². The Kier molecular flexibility index (Phi) is 6.60. The summed E-state index contributed by atoms with van der Waals surface area (Å²) in [7, 11) is 3.86. The highest BCUT2D eigenvalue weighted by atomic mass is 32.1. The van der Waals surface area contributed by atoms with Crippen LogP contribution >= 0.6 is 11.3 Å². The number of amides is 2. The molecule has 1 aromatic carbocycles. The summed E-state index contributed by atoms with van der Waals surface area (Å²) in [5.41, 5.74) is 1.13. The van der Waals surface area contributed by atoms with Gasteiger partial charge in [0.15, 0.2) is 5.13 Å². The number of likely N-dealkylation sites (N-methyl/N-ethyl adjacent to an activating group) is 1. The second-order valence-corrected chi connectivity index (χ2v) is 6.73. The van der Waals surface area contributed by atoms with E-state index in [4.69, 9.17) is 0 Å². The van der Waals surface area contributed by atoms with Crippen molar-refractivity contribution in [2.24, 2.45) is 0 Å². The maximum absolute atomic E-state index is 13.1. The van der Waals surface area contributed by atoms with Crippen LogP contribution in [0.25, 0.3) is 0 Å². The number of rotatable bonds is 7. The van der Waals surface area contributed by atoms with E-state index in [1.807, 2.05) is 19.0 Å². The third-order valence-corrected chi connectivity index (χ3v) is 4.16. The molecule has 0 unspecified atom stereocenters. The Bertz CT molecular complexity index is 731. The van der Waals surface area contributed by atoms with Crippen LogP contribution in [0.5, 0.6) is 0 Å². The first-order valence-electron chi connectivity index (χ1n) is 7.76. The SMILES string of the molecule is CC(=O)Nc1nc(C(=O)N(CCN(C)C)Cc2ccc(F)cc2)cs1. The number of aromatic nitrogens is 1. The molecule has 0 radical (unpaired) electrons. The molecule has 0 fully saturated rings. The molecule has 1 aromatic heterocycles. The summed E-state index contributed by atoms with van der Waals surface area (Å²) in [6.07, 6.45) is 0. The van der Waals surface area contributed by atoms with Crippen LogP contribution in [0.4, 0.5) is 9.52 Å². The minimum Gasteiger partial charge on any atom is -0.332 e. The fourth-order valence-electron chi connectivity index (χ4n) is 2.13. The molecule has 0 aliphatic carbocycles. The molecule has 0 bridgehead atoms. The first-order valence-corrected chi connectivity index (χ1v) is 8.64. The van der Waals surface area contributed by atoms with E-state index in [0.717, 1.165) is 5.56 Å². The Morgan fingerprint density at radius 3 is 2.48 bits per heavy atom. The molecule has 134 valence electrons. The number of carbonyl (C=O) groups is 2. The molecule has 0 atom stereocenters. The molecule has 0 saturated heterocycles. The average Bonchev–Trinajstić information content (AvgIpc) is 3.00. The van der Waals surface area contributed by atoms with E-state index in [2.05, 4.69) is 10.3 Å². The van der Waals surface area contributed by atoms with Crippen molar-refractivity contribution in [1.29, 1.82) is 0 Å². The van der Waals surface area contributed by atoms with Gasteiger partial charge in [0, 0.05) is 31.9 Å². The van der Waals surface area contributed by atoms with Crippen molar-refractivity contribution < 1.29 is 14.0 Å².